The minimum atomic E-state index is -0.590. The third kappa shape index (κ3) is 4.28. The zero-order valence-electron chi connectivity index (χ0n) is 15.3. The summed E-state index contributed by atoms with van der Waals surface area (Å²) in [5, 5.41) is 2.78. The van der Waals surface area contributed by atoms with E-state index in [4.69, 9.17) is 4.74 Å². The molecule has 5 heteroatoms. The second-order valence-electron chi connectivity index (χ2n) is 7.38. The van der Waals surface area contributed by atoms with E-state index in [-0.39, 0.29) is 11.8 Å². The molecule has 2 unspecified atom stereocenters. The predicted molar refractivity (Wildman–Crippen MR) is 95.1 cm³/mol. The lowest BCUT2D eigenvalue weighted by Gasteiger charge is -2.29. The maximum atomic E-state index is 13.1. The Kier molecular flexibility index (Phi) is 5.52. The van der Waals surface area contributed by atoms with Crippen molar-refractivity contribution < 1.29 is 14.3 Å². The van der Waals surface area contributed by atoms with Crippen LogP contribution in [0.1, 0.15) is 46.6 Å². The average molecular weight is 332 g/mol. The molecule has 1 aliphatic rings. The normalized spacial score (nSPS) is 16.3. The molecule has 0 saturated heterocycles. The zero-order valence-corrected chi connectivity index (χ0v) is 15.3. The van der Waals surface area contributed by atoms with E-state index in [0.717, 1.165) is 18.5 Å². The van der Waals surface area contributed by atoms with Crippen LogP contribution in [0.25, 0.3) is 0 Å². The fraction of sp³-hybridized carbons (Fsp3) is 0.579. The first kappa shape index (κ1) is 18.3. The summed E-state index contributed by atoms with van der Waals surface area (Å²) in [4.78, 5) is 27.0. The lowest BCUT2D eigenvalue weighted by atomic mass is 9.98. The fourth-order valence-corrected chi connectivity index (χ4v) is 2.85. The molecule has 132 valence electrons. The van der Waals surface area contributed by atoms with Crippen LogP contribution < -0.4 is 10.2 Å². The summed E-state index contributed by atoms with van der Waals surface area (Å²) in [5.74, 6) is -0.0436. The molecule has 2 rings (SSSR count). The number of nitrogens with zero attached hydrogens (tertiary/aromatic N) is 1. The molecule has 0 fully saturated rings. The van der Waals surface area contributed by atoms with Gasteiger partial charge in [-0.25, -0.2) is 4.79 Å². The van der Waals surface area contributed by atoms with E-state index in [2.05, 4.69) is 5.32 Å². The van der Waals surface area contributed by atoms with Crippen molar-refractivity contribution >= 4 is 17.7 Å². The topological polar surface area (TPSA) is 58.6 Å². The quantitative estimate of drug-likeness (QED) is 0.918. The number of para-hydroxylation sites is 1. The molecule has 24 heavy (non-hydrogen) atoms. The van der Waals surface area contributed by atoms with E-state index in [1.165, 1.54) is 5.56 Å². The van der Waals surface area contributed by atoms with Gasteiger partial charge in [0.05, 0.1) is 0 Å². The number of benzene rings is 1. The molecule has 1 aliphatic heterocycles. The second-order valence-corrected chi connectivity index (χ2v) is 7.38. The fourth-order valence-electron chi connectivity index (χ4n) is 2.85. The highest BCUT2D eigenvalue weighted by Crippen LogP contribution is 2.29. The van der Waals surface area contributed by atoms with Crippen LogP contribution in [0.15, 0.2) is 24.3 Å². The first-order valence-corrected chi connectivity index (χ1v) is 8.61. The van der Waals surface area contributed by atoms with Crippen LogP contribution in [-0.2, 0) is 16.0 Å². The Hall–Kier alpha value is -2.04. The highest BCUT2D eigenvalue weighted by atomic mass is 16.6. The lowest BCUT2D eigenvalue weighted by molar-refractivity contribution is -0.121. The summed E-state index contributed by atoms with van der Waals surface area (Å²) in [6, 6.07) is 7.34. The number of carbonyl (C=O) groups is 2. The maximum absolute atomic E-state index is 13.1. The van der Waals surface area contributed by atoms with Crippen LogP contribution in [0.4, 0.5) is 10.5 Å². The first-order valence-electron chi connectivity index (χ1n) is 8.61. The van der Waals surface area contributed by atoms with E-state index < -0.39 is 17.7 Å². The Morgan fingerprint density at radius 1 is 1.29 bits per heavy atom. The van der Waals surface area contributed by atoms with Crippen molar-refractivity contribution in [1.82, 2.24) is 5.32 Å². The molecule has 0 radical (unpaired) electrons. The molecule has 0 aromatic heterocycles. The van der Waals surface area contributed by atoms with Gasteiger partial charge in [-0.05, 0) is 44.7 Å². The summed E-state index contributed by atoms with van der Waals surface area (Å²) < 4.78 is 5.32. The zero-order chi connectivity index (χ0) is 17.9. The highest BCUT2D eigenvalue weighted by molar-refractivity contribution is 6.00. The first-order chi connectivity index (χ1) is 11.2. The van der Waals surface area contributed by atoms with Gasteiger partial charge >= 0.3 is 6.09 Å². The van der Waals surface area contributed by atoms with Crippen molar-refractivity contribution in [3.8, 4) is 0 Å². The van der Waals surface area contributed by atoms with Gasteiger partial charge in [0.1, 0.15) is 11.6 Å². The number of ether oxygens (including phenoxy) is 1. The molecule has 0 bridgehead atoms. The van der Waals surface area contributed by atoms with E-state index in [0.29, 0.717) is 6.54 Å². The standard InChI is InChI=1S/C19H28N2O3/c1-6-13(2)16(20-18(23)24-19(3,4)5)17(22)21-12-11-14-9-7-8-10-15(14)21/h7-10,13,16H,6,11-12H2,1-5H3,(H,20,23). The largest absolute Gasteiger partial charge is 0.444 e. The second kappa shape index (κ2) is 7.24. The molecule has 1 aromatic carbocycles. The summed E-state index contributed by atoms with van der Waals surface area (Å²) in [6.45, 7) is 10.1. The Bertz CT molecular complexity index is 607. The smallest absolute Gasteiger partial charge is 0.408 e. The number of fused-ring (bicyclic) bond motifs is 1. The van der Waals surface area contributed by atoms with Crippen LogP contribution in [0, 0.1) is 5.92 Å². The summed E-state index contributed by atoms with van der Waals surface area (Å²) in [7, 11) is 0. The maximum Gasteiger partial charge on any atom is 0.408 e. The Labute approximate surface area is 144 Å². The van der Waals surface area contributed by atoms with Gasteiger partial charge in [0.25, 0.3) is 0 Å². The molecule has 1 aromatic rings. The van der Waals surface area contributed by atoms with Crippen LogP contribution in [0.2, 0.25) is 0 Å². The number of carbonyl (C=O) groups excluding carboxylic acids is 2. The van der Waals surface area contributed by atoms with Gasteiger partial charge in [0.2, 0.25) is 5.91 Å². The number of rotatable bonds is 4. The highest BCUT2D eigenvalue weighted by Gasteiger charge is 2.34. The van der Waals surface area contributed by atoms with Crippen LogP contribution in [0.3, 0.4) is 0 Å². The van der Waals surface area contributed by atoms with Crippen molar-refractivity contribution in [2.75, 3.05) is 11.4 Å². The molecular weight excluding hydrogens is 304 g/mol. The van der Waals surface area contributed by atoms with Crippen LogP contribution in [0.5, 0.6) is 0 Å². The van der Waals surface area contributed by atoms with E-state index >= 15 is 0 Å². The average Bonchev–Trinajstić information content (AvgIpc) is 2.93. The van der Waals surface area contributed by atoms with Gasteiger partial charge < -0.3 is 15.0 Å². The predicted octanol–water partition coefficient (Wildman–Crippen LogP) is 3.52. The van der Waals surface area contributed by atoms with Gasteiger partial charge in [-0.15, -0.1) is 0 Å². The third-order valence-corrected chi connectivity index (χ3v) is 4.30. The monoisotopic (exact) mass is 332 g/mol. The van der Waals surface area contributed by atoms with Crippen LogP contribution >= 0.6 is 0 Å². The number of hydrogen-bond donors (Lipinski definition) is 1. The number of hydrogen-bond acceptors (Lipinski definition) is 3. The van der Waals surface area contributed by atoms with Crippen molar-refractivity contribution in [3.63, 3.8) is 0 Å². The number of anilines is 1. The lowest BCUT2D eigenvalue weighted by Crippen LogP contribution is -2.52. The molecular formula is C19H28N2O3. The third-order valence-electron chi connectivity index (χ3n) is 4.30. The molecule has 0 aliphatic carbocycles. The van der Waals surface area contributed by atoms with Crippen molar-refractivity contribution in [3.05, 3.63) is 29.8 Å². The van der Waals surface area contributed by atoms with E-state index in [1.54, 1.807) is 4.90 Å². The van der Waals surface area contributed by atoms with Gasteiger partial charge in [-0.3, -0.25) is 4.79 Å². The van der Waals surface area contributed by atoms with E-state index in [1.807, 2.05) is 58.9 Å². The summed E-state index contributed by atoms with van der Waals surface area (Å²) in [6.07, 6.45) is 1.09. The van der Waals surface area contributed by atoms with Gasteiger partial charge in [-0.1, -0.05) is 38.5 Å². The van der Waals surface area contributed by atoms with Crippen molar-refractivity contribution in [1.29, 1.82) is 0 Å². The Morgan fingerprint density at radius 3 is 2.58 bits per heavy atom. The molecule has 0 saturated carbocycles. The molecule has 1 heterocycles. The van der Waals surface area contributed by atoms with Gasteiger partial charge in [-0.2, -0.15) is 0 Å². The number of nitrogens with one attached hydrogen (secondary N) is 1. The Morgan fingerprint density at radius 2 is 1.96 bits per heavy atom. The van der Waals surface area contributed by atoms with Crippen molar-refractivity contribution in [2.24, 2.45) is 5.92 Å². The van der Waals surface area contributed by atoms with E-state index in [9.17, 15) is 9.59 Å². The number of alkyl carbamates (subject to hydrolysis) is 1. The minimum absolute atomic E-state index is 0.0257. The molecule has 1 N–H and O–H groups in total. The molecule has 2 atom stereocenters. The molecule has 2 amide bonds. The van der Waals surface area contributed by atoms with Crippen LogP contribution in [-0.4, -0.2) is 30.2 Å². The summed E-state index contributed by atoms with van der Waals surface area (Å²) >= 11 is 0. The van der Waals surface area contributed by atoms with Crippen molar-refractivity contribution in [2.45, 2.75) is 59.1 Å². The van der Waals surface area contributed by atoms with Gasteiger partial charge in [0.15, 0.2) is 0 Å². The van der Waals surface area contributed by atoms with Gasteiger partial charge in [0, 0.05) is 12.2 Å². The number of amides is 2. The minimum Gasteiger partial charge on any atom is -0.444 e. The molecule has 5 nitrogen and oxygen atoms in total. The summed E-state index contributed by atoms with van der Waals surface area (Å²) in [5.41, 5.74) is 1.53. The molecule has 0 spiro atoms. The Balaban J connectivity index is 2.16. The SMILES string of the molecule is CCC(C)C(NC(=O)OC(C)(C)C)C(=O)N1CCc2ccccc21.